The monoisotopic (exact) mass is 185 g/mol. The second-order valence-corrected chi connectivity index (χ2v) is 2.94. The third kappa shape index (κ3) is 1.61. The molecule has 0 atom stereocenters. The van der Waals surface area contributed by atoms with Crippen molar-refractivity contribution in [1.29, 1.82) is 0 Å². The van der Waals surface area contributed by atoms with Gasteiger partial charge in [-0.15, -0.1) is 0 Å². The minimum Gasteiger partial charge on any atom is -0.346 e. The average molecular weight is 185 g/mol. The molecule has 3 heteroatoms. The molecule has 2 aromatic rings. The van der Waals surface area contributed by atoms with Crippen LogP contribution in [0.25, 0.3) is 11.0 Å². The topological polar surface area (TPSA) is 54.7 Å². The number of rotatable bonds is 1. The van der Waals surface area contributed by atoms with E-state index in [2.05, 4.69) is 21.8 Å². The highest BCUT2D eigenvalue weighted by Gasteiger charge is 1.98. The minimum absolute atomic E-state index is 0.606. The summed E-state index contributed by atoms with van der Waals surface area (Å²) in [4.78, 5) is 7.23. The zero-order valence-electron chi connectivity index (χ0n) is 7.75. The lowest BCUT2D eigenvalue weighted by Crippen LogP contribution is -1.95. The summed E-state index contributed by atoms with van der Waals surface area (Å²) in [6.45, 7) is 0.606. The van der Waals surface area contributed by atoms with Crippen molar-refractivity contribution in [2.24, 2.45) is 5.73 Å². The number of aromatic nitrogens is 2. The average Bonchev–Trinajstić information content (AvgIpc) is 2.67. The Morgan fingerprint density at radius 1 is 1.43 bits per heavy atom. The molecule has 70 valence electrons. The van der Waals surface area contributed by atoms with Crippen LogP contribution in [0.1, 0.15) is 12.0 Å². The predicted molar refractivity (Wildman–Crippen MR) is 56.6 cm³/mol. The summed E-state index contributed by atoms with van der Waals surface area (Å²) in [5, 5.41) is 1.07. The van der Waals surface area contributed by atoms with E-state index in [1.165, 1.54) is 0 Å². The molecule has 0 aliphatic carbocycles. The van der Waals surface area contributed by atoms with Gasteiger partial charge in [0.1, 0.15) is 5.65 Å². The number of hydrogen-bond acceptors (Lipinski definition) is 2. The number of H-pyrrole nitrogens is 1. The summed E-state index contributed by atoms with van der Waals surface area (Å²) in [7, 11) is 0. The molecule has 0 unspecified atom stereocenters. The molecule has 2 rings (SSSR count). The van der Waals surface area contributed by atoms with Crippen LogP contribution in [0.2, 0.25) is 0 Å². The normalized spacial score (nSPS) is 9.79. The lowest BCUT2D eigenvalue weighted by atomic mass is 10.2. The van der Waals surface area contributed by atoms with Crippen molar-refractivity contribution in [3.63, 3.8) is 0 Å². The fourth-order valence-electron chi connectivity index (χ4n) is 1.30. The van der Waals surface area contributed by atoms with Crippen molar-refractivity contribution in [1.82, 2.24) is 9.97 Å². The van der Waals surface area contributed by atoms with Crippen molar-refractivity contribution < 1.29 is 0 Å². The Morgan fingerprint density at radius 3 is 3.21 bits per heavy atom. The van der Waals surface area contributed by atoms with E-state index in [0.29, 0.717) is 6.54 Å². The Kier molecular flexibility index (Phi) is 2.48. The van der Waals surface area contributed by atoms with Crippen LogP contribution >= 0.6 is 0 Å². The number of pyridine rings is 1. The van der Waals surface area contributed by atoms with Crippen molar-refractivity contribution in [3.8, 4) is 11.8 Å². The molecule has 0 saturated carbocycles. The quantitative estimate of drug-likeness (QED) is 0.657. The maximum Gasteiger partial charge on any atom is 0.138 e. The first-order chi connectivity index (χ1) is 6.92. The first kappa shape index (κ1) is 8.79. The highest BCUT2D eigenvalue weighted by Crippen LogP contribution is 2.13. The lowest BCUT2D eigenvalue weighted by molar-refractivity contribution is 1.03. The van der Waals surface area contributed by atoms with Gasteiger partial charge in [0, 0.05) is 36.3 Å². The SMILES string of the molecule is NCCC#Cc1ccnc2[nH]ccc12. The van der Waals surface area contributed by atoms with E-state index in [0.717, 1.165) is 23.0 Å². The third-order valence-corrected chi connectivity index (χ3v) is 1.95. The number of fused-ring (bicyclic) bond motifs is 1. The van der Waals surface area contributed by atoms with Gasteiger partial charge >= 0.3 is 0 Å². The van der Waals surface area contributed by atoms with E-state index in [4.69, 9.17) is 5.73 Å². The first-order valence-corrected chi connectivity index (χ1v) is 4.53. The summed E-state index contributed by atoms with van der Waals surface area (Å²) < 4.78 is 0. The fourth-order valence-corrected chi connectivity index (χ4v) is 1.30. The first-order valence-electron chi connectivity index (χ1n) is 4.53. The van der Waals surface area contributed by atoms with Crippen LogP contribution in [0, 0.1) is 11.8 Å². The van der Waals surface area contributed by atoms with Gasteiger partial charge in [-0.2, -0.15) is 0 Å². The van der Waals surface area contributed by atoms with E-state index < -0.39 is 0 Å². The predicted octanol–water partition coefficient (Wildman–Crippen LogP) is 1.26. The van der Waals surface area contributed by atoms with Crippen LogP contribution in [0.4, 0.5) is 0 Å². The summed E-state index contributed by atoms with van der Waals surface area (Å²) in [6, 6.07) is 3.90. The Balaban J connectivity index is 2.43. The Labute approximate surface area is 82.3 Å². The van der Waals surface area contributed by atoms with Crippen LogP contribution < -0.4 is 5.73 Å². The Bertz CT molecular complexity index is 488. The van der Waals surface area contributed by atoms with Gasteiger partial charge in [-0.1, -0.05) is 11.8 Å². The van der Waals surface area contributed by atoms with Gasteiger partial charge in [-0.05, 0) is 12.1 Å². The molecule has 2 heterocycles. The van der Waals surface area contributed by atoms with E-state index in [1.54, 1.807) is 6.20 Å². The maximum atomic E-state index is 5.36. The number of nitrogens with one attached hydrogen (secondary N) is 1. The molecule has 0 bridgehead atoms. The van der Waals surface area contributed by atoms with E-state index in [9.17, 15) is 0 Å². The van der Waals surface area contributed by atoms with Gasteiger partial charge in [-0.25, -0.2) is 4.98 Å². The Morgan fingerprint density at radius 2 is 2.36 bits per heavy atom. The molecule has 0 aromatic carbocycles. The Hall–Kier alpha value is -1.79. The van der Waals surface area contributed by atoms with E-state index >= 15 is 0 Å². The van der Waals surface area contributed by atoms with Crippen molar-refractivity contribution in [2.45, 2.75) is 6.42 Å². The lowest BCUT2D eigenvalue weighted by Gasteiger charge is -1.92. The van der Waals surface area contributed by atoms with Gasteiger partial charge in [0.2, 0.25) is 0 Å². The van der Waals surface area contributed by atoms with Crippen LogP contribution in [-0.4, -0.2) is 16.5 Å². The molecule has 0 fully saturated rings. The molecule has 3 nitrogen and oxygen atoms in total. The second kappa shape index (κ2) is 3.95. The standard InChI is InChI=1S/C11H11N3/c12-6-2-1-3-9-4-7-13-11-10(9)5-8-14-11/h4-5,7-8H,2,6,12H2,(H,13,14). The van der Waals surface area contributed by atoms with Crippen LogP contribution in [0.5, 0.6) is 0 Å². The summed E-state index contributed by atoms with van der Waals surface area (Å²) in [5.74, 6) is 6.10. The smallest absolute Gasteiger partial charge is 0.138 e. The molecular weight excluding hydrogens is 174 g/mol. The van der Waals surface area contributed by atoms with E-state index in [-0.39, 0.29) is 0 Å². The van der Waals surface area contributed by atoms with Crippen LogP contribution in [-0.2, 0) is 0 Å². The molecule has 0 saturated heterocycles. The summed E-state index contributed by atoms with van der Waals surface area (Å²) in [5.41, 5.74) is 7.25. The van der Waals surface area contributed by atoms with E-state index in [1.807, 2.05) is 18.3 Å². The van der Waals surface area contributed by atoms with Gasteiger partial charge in [0.15, 0.2) is 0 Å². The molecular formula is C11H11N3. The van der Waals surface area contributed by atoms with Gasteiger partial charge in [0.25, 0.3) is 0 Å². The fraction of sp³-hybridized carbons (Fsp3) is 0.182. The van der Waals surface area contributed by atoms with Crippen molar-refractivity contribution in [3.05, 3.63) is 30.1 Å². The zero-order chi connectivity index (χ0) is 9.80. The second-order valence-electron chi connectivity index (χ2n) is 2.94. The van der Waals surface area contributed by atoms with Crippen LogP contribution in [0.3, 0.4) is 0 Å². The number of hydrogen-bond donors (Lipinski definition) is 2. The molecule has 0 amide bonds. The maximum absolute atomic E-state index is 5.36. The van der Waals surface area contributed by atoms with Gasteiger partial charge in [0.05, 0.1) is 0 Å². The van der Waals surface area contributed by atoms with Crippen molar-refractivity contribution >= 4 is 11.0 Å². The van der Waals surface area contributed by atoms with Gasteiger partial charge < -0.3 is 10.7 Å². The van der Waals surface area contributed by atoms with Crippen LogP contribution in [0.15, 0.2) is 24.5 Å². The summed E-state index contributed by atoms with van der Waals surface area (Å²) >= 11 is 0. The third-order valence-electron chi connectivity index (χ3n) is 1.95. The molecule has 0 spiro atoms. The molecule has 0 radical (unpaired) electrons. The highest BCUT2D eigenvalue weighted by molar-refractivity contribution is 5.82. The number of nitrogens with zero attached hydrogens (tertiary/aromatic N) is 1. The molecule has 3 N–H and O–H groups in total. The highest BCUT2D eigenvalue weighted by atomic mass is 14.8. The molecule has 14 heavy (non-hydrogen) atoms. The van der Waals surface area contributed by atoms with Gasteiger partial charge in [-0.3, -0.25) is 0 Å². The zero-order valence-corrected chi connectivity index (χ0v) is 7.75. The number of aromatic amines is 1. The number of nitrogens with two attached hydrogens (primary N) is 1. The largest absolute Gasteiger partial charge is 0.346 e. The molecule has 0 aliphatic heterocycles. The minimum atomic E-state index is 0.606. The molecule has 2 aromatic heterocycles. The molecule has 0 aliphatic rings. The van der Waals surface area contributed by atoms with Crippen molar-refractivity contribution in [2.75, 3.05) is 6.54 Å². The summed E-state index contributed by atoms with van der Waals surface area (Å²) in [6.07, 6.45) is 4.35.